The summed E-state index contributed by atoms with van der Waals surface area (Å²) in [6, 6.07) is 28.4. The van der Waals surface area contributed by atoms with E-state index < -0.39 is 12.0 Å². The third kappa shape index (κ3) is 4.33. The lowest BCUT2D eigenvalue weighted by molar-refractivity contribution is 0.0602. The molecular formula is C32H29N5O3. The molecule has 0 fully saturated rings. The number of hydrogen-bond acceptors (Lipinski definition) is 4. The average Bonchev–Trinajstić information content (AvgIpc) is 3.53. The summed E-state index contributed by atoms with van der Waals surface area (Å²) in [5, 5.41) is 7.90. The van der Waals surface area contributed by atoms with Crippen molar-refractivity contribution in [3.63, 3.8) is 0 Å². The number of urea groups is 1. The largest absolute Gasteiger partial charge is 0.465 e. The van der Waals surface area contributed by atoms with E-state index in [4.69, 9.17) is 9.84 Å². The molecule has 200 valence electrons. The number of nitrogens with zero attached hydrogens (tertiary/aromatic N) is 4. The summed E-state index contributed by atoms with van der Waals surface area (Å²) in [5.74, 6) is 0.379. The molecule has 6 rings (SSSR count). The SMILES string of the molecule is COC(=O)c1ccccc1NC(=O)N1Cc2c(C)nn(-c3ccccc3)c2-n2cccc2C1c1cccc(C)c1. The van der Waals surface area contributed by atoms with Crippen LogP contribution >= 0.6 is 0 Å². The molecule has 2 aromatic heterocycles. The number of para-hydroxylation sites is 2. The number of amides is 2. The van der Waals surface area contributed by atoms with Crippen molar-refractivity contribution in [1.82, 2.24) is 19.2 Å². The van der Waals surface area contributed by atoms with Crippen LogP contribution in [0.2, 0.25) is 0 Å². The zero-order valence-electron chi connectivity index (χ0n) is 22.5. The van der Waals surface area contributed by atoms with Crippen LogP contribution in [-0.2, 0) is 11.3 Å². The van der Waals surface area contributed by atoms with Gasteiger partial charge in [0.25, 0.3) is 0 Å². The molecule has 8 nitrogen and oxygen atoms in total. The maximum atomic E-state index is 14.2. The van der Waals surface area contributed by atoms with Gasteiger partial charge in [0.2, 0.25) is 0 Å². The van der Waals surface area contributed by atoms with Gasteiger partial charge < -0.3 is 19.5 Å². The van der Waals surface area contributed by atoms with Crippen molar-refractivity contribution in [1.29, 1.82) is 0 Å². The molecule has 1 aliphatic heterocycles. The van der Waals surface area contributed by atoms with Crippen molar-refractivity contribution in [3.8, 4) is 11.5 Å². The van der Waals surface area contributed by atoms with E-state index in [1.807, 2.05) is 90.3 Å². The summed E-state index contributed by atoms with van der Waals surface area (Å²) in [6.45, 7) is 4.32. The summed E-state index contributed by atoms with van der Waals surface area (Å²) >= 11 is 0. The Balaban J connectivity index is 1.53. The number of rotatable bonds is 4. The molecule has 1 unspecified atom stereocenters. The lowest BCUT2D eigenvalue weighted by atomic mass is 10.00. The lowest BCUT2D eigenvalue weighted by Crippen LogP contribution is -2.38. The number of esters is 1. The first-order valence-corrected chi connectivity index (χ1v) is 13.1. The molecule has 40 heavy (non-hydrogen) atoms. The van der Waals surface area contributed by atoms with Gasteiger partial charge in [-0.2, -0.15) is 5.10 Å². The van der Waals surface area contributed by atoms with Gasteiger partial charge in [-0.05, 0) is 55.8 Å². The first kappa shape index (κ1) is 25.2. The van der Waals surface area contributed by atoms with Crippen molar-refractivity contribution in [2.24, 2.45) is 0 Å². The molecular weight excluding hydrogens is 502 g/mol. The second-order valence-corrected chi connectivity index (χ2v) is 9.85. The Labute approximate surface area is 232 Å². The Morgan fingerprint density at radius 2 is 1.70 bits per heavy atom. The average molecular weight is 532 g/mol. The van der Waals surface area contributed by atoms with E-state index in [1.165, 1.54) is 7.11 Å². The van der Waals surface area contributed by atoms with E-state index >= 15 is 0 Å². The molecule has 3 heterocycles. The number of aryl methyl sites for hydroxylation is 2. The second-order valence-electron chi connectivity index (χ2n) is 9.85. The van der Waals surface area contributed by atoms with Crippen LogP contribution in [0.1, 0.15) is 44.5 Å². The molecule has 1 N–H and O–H groups in total. The first-order chi connectivity index (χ1) is 19.5. The molecule has 8 heteroatoms. The maximum absolute atomic E-state index is 14.2. The number of anilines is 1. The fourth-order valence-electron chi connectivity index (χ4n) is 5.41. The number of benzene rings is 3. The highest BCUT2D eigenvalue weighted by molar-refractivity contribution is 6.01. The Hall–Kier alpha value is -5.11. The van der Waals surface area contributed by atoms with Gasteiger partial charge in [-0.3, -0.25) is 0 Å². The van der Waals surface area contributed by atoms with Gasteiger partial charge in [0, 0.05) is 11.8 Å². The zero-order chi connectivity index (χ0) is 27.8. The summed E-state index contributed by atoms with van der Waals surface area (Å²) in [7, 11) is 1.33. The number of methoxy groups -OCH3 is 1. The van der Waals surface area contributed by atoms with Crippen molar-refractivity contribution in [2.45, 2.75) is 26.4 Å². The number of carbonyl (C=O) groups is 2. The van der Waals surface area contributed by atoms with Gasteiger partial charge in [0.05, 0.1) is 48.0 Å². The third-order valence-corrected chi connectivity index (χ3v) is 7.28. The Morgan fingerprint density at radius 1 is 0.925 bits per heavy atom. The van der Waals surface area contributed by atoms with Crippen LogP contribution in [0.3, 0.4) is 0 Å². The van der Waals surface area contributed by atoms with Gasteiger partial charge in [0.1, 0.15) is 5.82 Å². The van der Waals surface area contributed by atoms with E-state index in [1.54, 1.807) is 24.3 Å². The Morgan fingerprint density at radius 3 is 2.48 bits per heavy atom. The van der Waals surface area contributed by atoms with Crippen molar-refractivity contribution in [2.75, 3.05) is 12.4 Å². The highest BCUT2D eigenvalue weighted by Gasteiger charge is 2.36. The first-order valence-electron chi connectivity index (χ1n) is 13.1. The molecule has 0 saturated carbocycles. The quantitative estimate of drug-likeness (QED) is 0.280. The van der Waals surface area contributed by atoms with Crippen LogP contribution in [0.15, 0.2) is 97.2 Å². The van der Waals surface area contributed by atoms with E-state index in [-0.39, 0.29) is 11.6 Å². The number of hydrogen-bond donors (Lipinski definition) is 1. The minimum atomic E-state index is -0.516. The summed E-state index contributed by atoms with van der Waals surface area (Å²) in [4.78, 5) is 28.5. The number of nitrogens with one attached hydrogen (secondary N) is 1. The third-order valence-electron chi connectivity index (χ3n) is 7.28. The zero-order valence-corrected chi connectivity index (χ0v) is 22.5. The van der Waals surface area contributed by atoms with Gasteiger partial charge in [-0.25, -0.2) is 14.3 Å². The summed E-state index contributed by atoms with van der Waals surface area (Å²) < 4.78 is 9.02. The smallest absolute Gasteiger partial charge is 0.339 e. The van der Waals surface area contributed by atoms with Crippen LogP contribution in [0.25, 0.3) is 11.5 Å². The molecule has 1 aliphatic rings. The van der Waals surface area contributed by atoms with E-state index in [0.717, 1.165) is 39.6 Å². The van der Waals surface area contributed by atoms with Crippen LogP contribution < -0.4 is 5.32 Å². The maximum Gasteiger partial charge on any atom is 0.339 e. The van der Waals surface area contributed by atoms with Gasteiger partial charge in [-0.15, -0.1) is 0 Å². The number of ether oxygens (including phenoxy) is 1. The second kappa shape index (κ2) is 10.2. The molecule has 0 saturated heterocycles. The number of carbonyl (C=O) groups excluding carboxylic acids is 2. The fourth-order valence-corrected chi connectivity index (χ4v) is 5.41. The van der Waals surface area contributed by atoms with Crippen LogP contribution in [0.5, 0.6) is 0 Å². The highest BCUT2D eigenvalue weighted by atomic mass is 16.5. The summed E-state index contributed by atoms with van der Waals surface area (Å²) in [6.07, 6.45) is 2.02. The molecule has 0 bridgehead atoms. The predicted molar refractivity (Wildman–Crippen MR) is 153 cm³/mol. The minimum absolute atomic E-state index is 0.289. The molecule has 5 aromatic rings. The predicted octanol–water partition coefficient (Wildman–Crippen LogP) is 6.20. The molecule has 3 aromatic carbocycles. The van der Waals surface area contributed by atoms with E-state index in [9.17, 15) is 9.59 Å². The molecule has 0 spiro atoms. The van der Waals surface area contributed by atoms with Gasteiger partial charge in [-0.1, -0.05) is 60.2 Å². The van der Waals surface area contributed by atoms with E-state index in [0.29, 0.717) is 12.2 Å². The van der Waals surface area contributed by atoms with Crippen molar-refractivity contribution in [3.05, 3.63) is 131 Å². The Bertz CT molecular complexity index is 1720. The van der Waals surface area contributed by atoms with Crippen molar-refractivity contribution >= 4 is 17.7 Å². The van der Waals surface area contributed by atoms with Gasteiger partial charge in [0.15, 0.2) is 0 Å². The summed E-state index contributed by atoms with van der Waals surface area (Å²) in [5.41, 5.74) is 6.39. The number of fused-ring (bicyclic) bond motifs is 3. The molecule has 0 radical (unpaired) electrons. The normalized spacial score (nSPS) is 14.2. The van der Waals surface area contributed by atoms with Crippen LogP contribution in [0, 0.1) is 13.8 Å². The number of aromatic nitrogens is 3. The van der Waals surface area contributed by atoms with E-state index in [2.05, 4.69) is 16.0 Å². The fraction of sp³-hybridized carbons (Fsp3) is 0.156. The topological polar surface area (TPSA) is 81.4 Å². The Kier molecular flexibility index (Phi) is 6.43. The molecule has 1 atom stereocenters. The lowest BCUT2D eigenvalue weighted by Gasteiger charge is -2.31. The van der Waals surface area contributed by atoms with Gasteiger partial charge >= 0.3 is 12.0 Å². The standard InChI is InChI=1S/C32H29N5O3/c1-21-11-9-12-23(19-21)29-28-17-10-18-35(28)30-26(22(2)34-37(30)24-13-5-4-6-14-24)20-36(29)32(39)33-27-16-8-7-15-25(27)31(38)40-3/h4-19,29H,20H2,1-3H3,(H,33,39). The van der Waals surface area contributed by atoms with Crippen LogP contribution in [0.4, 0.5) is 10.5 Å². The monoisotopic (exact) mass is 531 g/mol. The molecule has 2 amide bonds. The highest BCUT2D eigenvalue weighted by Crippen LogP contribution is 2.39. The van der Waals surface area contributed by atoms with Crippen LogP contribution in [-0.4, -0.2) is 38.4 Å². The molecule has 0 aliphatic carbocycles. The van der Waals surface area contributed by atoms with Crippen molar-refractivity contribution < 1.29 is 14.3 Å². The minimum Gasteiger partial charge on any atom is -0.465 e.